The number of ether oxygens (including phenoxy) is 1. The van der Waals surface area contributed by atoms with Crippen LogP contribution >= 0.6 is 24.0 Å². The zero-order valence-electron chi connectivity index (χ0n) is 13.6. The van der Waals surface area contributed by atoms with Gasteiger partial charge in [0.2, 0.25) is 0 Å². The molecule has 23 heavy (non-hydrogen) atoms. The van der Waals surface area contributed by atoms with Crippen molar-refractivity contribution in [2.24, 2.45) is 10.7 Å². The molecule has 2 aromatic rings. The van der Waals surface area contributed by atoms with Gasteiger partial charge in [-0.2, -0.15) is 0 Å². The van der Waals surface area contributed by atoms with E-state index in [1.54, 1.807) is 7.11 Å². The summed E-state index contributed by atoms with van der Waals surface area (Å²) in [6.07, 6.45) is 1.00. The predicted octanol–water partition coefficient (Wildman–Crippen LogP) is 3.94. The Morgan fingerprint density at radius 1 is 1.09 bits per heavy atom. The summed E-state index contributed by atoms with van der Waals surface area (Å²) in [5.41, 5.74) is 10.4. The lowest BCUT2D eigenvalue weighted by atomic mass is 10.1. The highest BCUT2D eigenvalue weighted by Crippen LogP contribution is 2.11. The molecule has 0 aromatic heterocycles. The third-order valence-corrected chi connectivity index (χ3v) is 3.37. The van der Waals surface area contributed by atoms with Gasteiger partial charge in [-0.1, -0.05) is 43.3 Å². The average molecular weight is 425 g/mol. The molecule has 2 rings (SSSR count). The largest absolute Gasteiger partial charge is 0.380 e. The van der Waals surface area contributed by atoms with Crippen LogP contribution in [0.1, 0.15) is 23.6 Å². The molecule has 0 atom stereocenters. The number of nitrogens with two attached hydrogens (primary N) is 1. The van der Waals surface area contributed by atoms with Crippen molar-refractivity contribution in [1.82, 2.24) is 0 Å². The van der Waals surface area contributed by atoms with E-state index in [0.717, 1.165) is 23.2 Å². The molecule has 0 amide bonds. The third-order valence-electron chi connectivity index (χ3n) is 3.37. The summed E-state index contributed by atoms with van der Waals surface area (Å²) in [5.74, 6) is 0.425. The van der Waals surface area contributed by atoms with Crippen LogP contribution in [0.5, 0.6) is 0 Å². The summed E-state index contributed by atoms with van der Waals surface area (Å²) in [5, 5.41) is 3.13. The van der Waals surface area contributed by atoms with E-state index in [4.69, 9.17) is 10.5 Å². The zero-order chi connectivity index (χ0) is 15.8. The molecule has 0 heterocycles. The lowest BCUT2D eigenvalue weighted by Crippen LogP contribution is -2.22. The molecule has 0 aliphatic carbocycles. The van der Waals surface area contributed by atoms with Crippen LogP contribution < -0.4 is 11.1 Å². The molecular formula is C18H24IN3O. The average Bonchev–Trinajstić information content (AvgIpc) is 2.55. The summed E-state index contributed by atoms with van der Waals surface area (Å²) in [4.78, 5) is 4.37. The monoisotopic (exact) mass is 425 g/mol. The molecule has 5 heteroatoms. The molecule has 0 saturated heterocycles. The number of hydrogen-bond donors (Lipinski definition) is 2. The van der Waals surface area contributed by atoms with Crippen molar-refractivity contribution in [3.05, 3.63) is 65.2 Å². The lowest BCUT2D eigenvalue weighted by molar-refractivity contribution is 0.185. The number of anilines is 1. The highest BCUT2D eigenvalue weighted by molar-refractivity contribution is 14.0. The smallest absolute Gasteiger partial charge is 0.193 e. The Hall–Kier alpha value is -1.60. The van der Waals surface area contributed by atoms with E-state index < -0.39 is 0 Å². The van der Waals surface area contributed by atoms with Gasteiger partial charge in [0.15, 0.2) is 5.96 Å². The van der Waals surface area contributed by atoms with Crippen molar-refractivity contribution < 1.29 is 4.74 Å². The molecule has 0 aliphatic heterocycles. The first kappa shape index (κ1) is 19.4. The molecule has 0 bridgehead atoms. The van der Waals surface area contributed by atoms with Crippen LogP contribution in [0.4, 0.5) is 5.69 Å². The summed E-state index contributed by atoms with van der Waals surface area (Å²) in [6.45, 7) is 3.31. The SMILES string of the molecule is CCc1cccc(NC(N)=NCc2ccc(COC)cc2)c1.I. The first-order valence-electron chi connectivity index (χ1n) is 7.44. The number of methoxy groups -OCH3 is 1. The van der Waals surface area contributed by atoms with Crippen molar-refractivity contribution >= 4 is 35.6 Å². The highest BCUT2D eigenvalue weighted by Gasteiger charge is 1.98. The molecule has 0 fully saturated rings. The lowest BCUT2D eigenvalue weighted by Gasteiger charge is -2.07. The normalized spacial score (nSPS) is 11.0. The molecule has 0 spiro atoms. The van der Waals surface area contributed by atoms with Gasteiger partial charge in [0.05, 0.1) is 13.2 Å². The number of hydrogen-bond acceptors (Lipinski definition) is 2. The molecule has 0 radical (unpaired) electrons. The van der Waals surface area contributed by atoms with Gasteiger partial charge in [0.25, 0.3) is 0 Å². The standard InChI is InChI=1S/C18H23N3O.HI/c1-3-14-5-4-6-17(11-14)21-18(19)20-12-15-7-9-16(10-8-15)13-22-2;/h4-11H,3,12-13H2,1-2H3,(H3,19,20,21);1H. The predicted molar refractivity (Wildman–Crippen MR) is 107 cm³/mol. The van der Waals surface area contributed by atoms with Gasteiger partial charge in [0, 0.05) is 12.8 Å². The second kappa shape index (κ2) is 10.2. The topological polar surface area (TPSA) is 59.6 Å². The minimum atomic E-state index is 0. The summed E-state index contributed by atoms with van der Waals surface area (Å²) >= 11 is 0. The van der Waals surface area contributed by atoms with E-state index in [1.807, 2.05) is 36.4 Å². The number of halogens is 1. The number of aryl methyl sites for hydroxylation is 1. The van der Waals surface area contributed by atoms with E-state index in [1.165, 1.54) is 5.56 Å². The van der Waals surface area contributed by atoms with Crippen LogP contribution in [0.15, 0.2) is 53.5 Å². The van der Waals surface area contributed by atoms with E-state index in [9.17, 15) is 0 Å². The van der Waals surface area contributed by atoms with E-state index in [0.29, 0.717) is 19.1 Å². The van der Waals surface area contributed by atoms with E-state index >= 15 is 0 Å². The van der Waals surface area contributed by atoms with Gasteiger partial charge in [0.1, 0.15) is 0 Å². The van der Waals surface area contributed by atoms with E-state index in [2.05, 4.69) is 29.4 Å². The van der Waals surface area contributed by atoms with Crippen LogP contribution in [-0.2, 0) is 24.3 Å². The van der Waals surface area contributed by atoms with Crippen molar-refractivity contribution in [3.63, 3.8) is 0 Å². The van der Waals surface area contributed by atoms with Crippen molar-refractivity contribution in [3.8, 4) is 0 Å². The Balaban J connectivity index is 0.00000264. The fourth-order valence-corrected chi connectivity index (χ4v) is 2.14. The number of aliphatic imine (C=N–C) groups is 1. The first-order chi connectivity index (χ1) is 10.7. The van der Waals surface area contributed by atoms with Gasteiger partial charge >= 0.3 is 0 Å². The number of nitrogens with zero attached hydrogens (tertiary/aromatic N) is 1. The molecule has 124 valence electrons. The third kappa shape index (κ3) is 6.58. The number of benzene rings is 2. The summed E-state index contributed by atoms with van der Waals surface area (Å²) in [6, 6.07) is 16.4. The Kier molecular flexibility index (Phi) is 8.65. The Morgan fingerprint density at radius 2 is 1.78 bits per heavy atom. The highest BCUT2D eigenvalue weighted by atomic mass is 127. The van der Waals surface area contributed by atoms with Crippen LogP contribution in [0.25, 0.3) is 0 Å². The van der Waals surface area contributed by atoms with Gasteiger partial charge < -0.3 is 15.8 Å². The summed E-state index contributed by atoms with van der Waals surface area (Å²) < 4.78 is 5.09. The second-order valence-corrected chi connectivity index (χ2v) is 5.13. The minimum absolute atomic E-state index is 0. The molecule has 0 aliphatic rings. The maximum absolute atomic E-state index is 5.94. The van der Waals surface area contributed by atoms with Gasteiger partial charge in [-0.05, 0) is 35.2 Å². The Morgan fingerprint density at radius 3 is 2.43 bits per heavy atom. The van der Waals surface area contributed by atoms with Crippen molar-refractivity contribution in [2.45, 2.75) is 26.5 Å². The molecular weight excluding hydrogens is 401 g/mol. The number of nitrogens with one attached hydrogen (secondary N) is 1. The Bertz CT molecular complexity index is 626. The molecule has 0 saturated carbocycles. The van der Waals surface area contributed by atoms with Crippen molar-refractivity contribution in [1.29, 1.82) is 0 Å². The van der Waals surface area contributed by atoms with Crippen LogP contribution in [-0.4, -0.2) is 13.1 Å². The minimum Gasteiger partial charge on any atom is -0.380 e. The summed E-state index contributed by atoms with van der Waals surface area (Å²) in [7, 11) is 1.69. The second-order valence-electron chi connectivity index (χ2n) is 5.13. The first-order valence-corrected chi connectivity index (χ1v) is 7.44. The van der Waals surface area contributed by atoms with Gasteiger partial charge in [-0.25, -0.2) is 4.99 Å². The van der Waals surface area contributed by atoms with E-state index in [-0.39, 0.29) is 24.0 Å². The maximum Gasteiger partial charge on any atom is 0.193 e. The number of rotatable bonds is 6. The van der Waals surface area contributed by atoms with Crippen LogP contribution in [0.2, 0.25) is 0 Å². The van der Waals surface area contributed by atoms with Crippen molar-refractivity contribution in [2.75, 3.05) is 12.4 Å². The Labute approximate surface area is 155 Å². The molecule has 2 aromatic carbocycles. The molecule has 4 nitrogen and oxygen atoms in total. The zero-order valence-corrected chi connectivity index (χ0v) is 15.9. The number of guanidine groups is 1. The quantitative estimate of drug-likeness (QED) is 0.419. The van der Waals surface area contributed by atoms with Gasteiger partial charge in [-0.15, -0.1) is 24.0 Å². The fourth-order valence-electron chi connectivity index (χ4n) is 2.14. The van der Waals surface area contributed by atoms with Gasteiger partial charge in [-0.3, -0.25) is 0 Å². The fraction of sp³-hybridized carbons (Fsp3) is 0.278. The molecule has 0 unspecified atom stereocenters. The maximum atomic E-state index is 5.94. The molecule has 3 N–H and O–H groups in total. The van der Waals surface area contributed by atoms with Crippen LogP contribution in [0, 0.1) is 0 Å². The van der Waals surface area contributed by atoms with Crippen LogP contribution in [0.3, 0.4) is 0 Å².